The van der Waals surface area contributed by atoms with Crippen LogP contribution in [0.3, 0.4) is 0 Å². The van der Waals surface area contributed by atoms with Gasteiger partial charge in [-0.2, -0.15) is 0 Å². The van der Waals surface area contributed by atoms with E-state index in [2.05, 4.69) is 13.8 Å². The Morgan fingerprint density at radius 3 is 1.27 bits per heavy atom. The van der Waals surface area contributed by atoms with Gasteiger partial charge in [-0.15, -0.1) is 0 Å². The summed E-state index contributed by atoms with van der Waals surface area (Å²) < 4.78 is 21.2. The van der Waals surface area contributed by atoms with Gasteiger partial charge >= 0.3 is 11.9 Å². The topological polar surface area (TPSA) is 105 Å². The summed E-state index contributed by atoms with van der Waals surface area (Å²) in [5.74, 6) is -1.21. The van der Waals surface area contributed by atoms with Crippen molar-refractivity contribution in [2.24, 2.45) is 0 Å². The van der Waals surface area contributed by atoms with E-state index in [1.807, 2.05) is 48.5 Å². The average Bonchev–Trinajstić information content (AvgIpc) is 2.91. The summed E-state index contributed by atoms with van der Waals surface area (Å²) in [5.41, 5.74) is 1.98. The quantitative estimate of drug-likeness (QED) is 0.183. The van der Waals surface area contributed by atoms with Crippen molar-refractivity contribution in [2.45, 2.75) is 58.8 Å². The van der Waals surface area contributed by atoms with Gasteiger partial charge in [0.05, 0.1) is 26.4 Å². The summed E-state index contributed by atoms with van der Waals surface area (Å²) in [6.07, 6.45) is 1.27. The van der Waals surface area contributed by atoms with Gasteiger partial charge in [-0.3, -0.25) is 9.59 Å². The van der Waals surface area contributed by atoms with Crippen LogP contribution in [0, 0.1) is 0 Å². The van der Waals surface area contributed by atoms with E-state index < -0.39 is 23.5 Å². The standard InChI is InChI=1S/C29H36O8/c1-5-25(30)27(32)36-19-7-17-34-23-13-9-21(10-14-23)29(3,4)22-11-15-24(16-12-22)35-18-8-20-37-28(33)26(31)6-2/h9-16H,5-8,17-20H2,1-4H3. The predicted octanol–water partition coefficient (Wildman–Crippen LogP) is 4.59. The molecule has 0 radical (unpaired) electrons. The molecule has 8 nitrogen and oxygen atoms in total. The Labute approximate surface area is 218 Å². The molecule has 0 aromatic heterocycles. The molecule has 0 unspecified atom stereocenters. The van der Waals surface area contributed by atoms with Gasteiger partial charge in [-0.25, -0.2) is 9.59 Å². The number of benzene rings is 2. The third kappa shape index (κ3) is 9.37. The van der Waals surface area contributed by atoms with Crippen LogP contribution < -0.4 is 9.47 Å². The molecule has 8 heteroatoms. The van der Waals surface area contributed by atoms with Crippen molar-refractivity contribution in [3.8, 4) is 11.5 Å². The lowest BCUT2D eigenvalue weighted by Gasteiger charge is -2.26. The third-order valence-corrected chi connectivity index (χ3v) is 5.83. The average molecular weight is 513 g/mol. The summed E-state index contributed by atoms with van der Waals surface area (Å²) >= 11 is 0. The molecule has 0 aliphatic heterocycles. The molecule has 0 bridgehead atoms. The maximum Gasteiger partial charge on any atom is 0.374 e. The number of carbonyl (C=O) groups is 4. The van der Waals surface area contributed by atoms with Crippen LogP contribution in [0.1, 0.15) is 64.5 Å². The first kappa shape index (κ1) is 29.5. The Bertz CT molecular complexity index is 955. The molecule has 0 amide bonds. The summed E-state index contributed by atoms with van der Waals surface area (Å²) in [4.78, 5) is 45.1. The zero-order valence-electron chi connectivity index (χ0n) is 22.0. The van der Waals surface area contributed by atoms with E-state index in [1.165, 1.54) is 0 Å². The number of ketones is 2. The summed E-state index contributed by atoms with van der Waals surface area (Å²) in [5, 5.41) is 0. The summed E-state index contributed by atoms with van der Waals surface area (Å²) in [7, 11) is 0. The fraction of sp³-hybridized carbons (Fsp3) is 0.448. The van der Waals surface area contributed by atoms with Gasteiger partial charge in [0.1, 0.15) is 11.5 Å². The molecule has 2 aromatic rings. The summed E-state index contributed by atoms with van der Waals surface area (Å²) in [6.45, 7) is 8.54. The van der Waals surface area contributed by atoms with E-state index in [-0.39, 0.29) is 31.5 Å². The SMILES string of the molecule is CCC(=O)C(=O)OCCCOc1ccc(C(C)(C)c2ccc(OCCCOC(=O)C(=O)CC)cc2)cc1. The Morgan fingerprint density at radius 2 is 0.946 bits per heavy atom. The molecule has 2 rings (SSSR count). The van der Waals surface area contributed by atoms with Gasteiger partial charge in [0.2, 0.25) is 11.6 Å². The van der Waals surface area contributed by atoms with Crippen molar-refractivity contribution in [1.82, 2.24) is 0 Å². The second-order valence-electron chi connectivity index (χ2n) is 8.90. The molecule has 0 atom stereocenters. The first-order chi connectivity index (χ1) is 17.7. The zero-order valence-corrected chi connectivity index (χ0v) is 22.0. The van der Waals surface area contributed by atoms with Crippen LogP contribution in [-0.2, 0) is 34.1 Å². The second kappa shape index (κ2) is 14.8. The molecule has 0 aliphatic carbocycles. The van der Waals surface area contributed by atoms with E-state index in [9.17, 15) is 19.2 Å². The molecule has 0 N–H and O–H groups in total. The van der Waals surface area contributed by atoms with Gasteiger partial charge in [0.15, 0.2) is 0 Å². The fourth-order valence-corrected chi connectivity index (χ4v) is 3.38. The molecule has 0 heterocycles. The molecule has 0 saturated heterocycles. The number of rotatable bonds is 16. The van der Waals surface area contributed by atoms with Crippen LogP contribution in [0.2, 0.25) is 0 Å². The van der Waals surface area contributed by atoms with E-state index in [4.69, 9.17) is 18.9 Å². The van der Waals surface area contributed by atoms with Gasteiger partial charge in [0.25, 0.3) is 0 Å². The highest BCUT2D eigenvalue weighted by molar-refractivity contribution is 6.33. The van der Waals surface area contributed by atoms with Crippen LogP contribution in [0.5, 0.6) is 11.5 Å². The minimum atomic E-state index is -0.794. The summed E-state index contributed by atoms with van der Waals surface area (Å²) in [6, 6.07) is 15.7. The Morgan fingerprint density at radius 1 is 0.595 bits per heavy atom. The molecule has 200 valence electrons. The molecule has 0 spiro atoms. The van der Waals surface area contributed by atoms with Crippen molar-refractivity contribution in [3.63, 3.8) is 0 Å². The fourth-order valence-electron chi connectivity index (χ4n) is 3.38. The Balaban J connectivity index is 1.79. The number of carbonyl (C=O) groups excluding carboxylic acids is 4. The molecule has 0 aliphatic rings. The van der Waals surface area contributed by atoms with Crippen LogP contribution in [0.4, 0.5) is 0 Å². The molecule has 37 heavy (non-hydrogen) atoms. The van der Waals surface area contributed by atoms with Crippen molar-refractivity contribution >= 4 is 23.5 Å². The monoisotopic (exact) mass is 512 g/mol. The smallest absolute Gasteiger partial charge is 0.374 e. The van der Waals surface area contributed by atoms with E-state index in [0.717, 1.165) is 11.1 Å². The number of hydrogen-bond donors (Lipinski definition) is 0. The lowest BCUT2D eigenvalue weighted by atomic mass is 9.78. The number of Topliss-reactive ketones (excluding diaryl/α,β-unsaturated/α-hetero) is 2. The third-order valence-electron chi connectivity index (χ3n) is 5.83. The second-order valence-corrected chi connectivity index (χ2v) is 8.90. The predicted molar refractivity (Wildman–Crippen MR) is 138 cm³/mol. The first-order valence-electron chi connectivity index (χ1n) is 12.6. The van der Waals surface area contributed by atoms with Gasteiger partial charge in [0, 0.05) is 31.1 Å². The van der Waals surface area contributed by atoms with E-state index in [1.54, 1.807) is 13.8 Å². The lowest BCUT2D eigenvalue weighted by molar-refractivity contribution is -0.154. The van der Waals surface area contributed by atoms with Crippen LogP contribution in [-0.4, -0.2) is 49.9 Å². The van der Waals surface area contributed by atoms with Crippen LogP contribution in [0.25, 0.3) is 0 Å². The van der Waals surface area contributed by atoms with Gasteiger partial charge in [-0.1, -0.05) is 52.0 Å². The van der Waals surface area contributed by atoms with Crippen molar-refractivity contribution in [1.29, 1.82) is 0 Å². The van der Waals surface area contributed by atoms with E-state index >= 15 is 0 Å². The highest BCUT2D eigenvalue weighted by atomic mass is 16.5. The minimum absolute atomic E-state index is 0.139. The Kier molecular flexibility index (Phi) is 11.8. The highest BCUT2D eigenvalue weighted by Crippen LogP contribution is 2.33. The highest BCUT2D eigenvalue weighted by Gasteiger charge is 2.23. The molecule has 0 fully saturated rings. The maximum absolute atomic E-state index is 11.3. The molecule has 2 aromatic carbocycles. The maximum atomic E-state index is 11.3. The van der Waals surface area contributed by atoms with Crippen LogP contribution in [0.15, 0.2) is 48.5 Å². The molecular formula is C29H36O8. The molecular weight excluding hydrogens is 476 g/mol. The van der Waals surface area contributed by atoms with Gasteiger partial charge < -0.3 is 18.9 Å². The number of esters is 2. The lowest BCUT2D eigenvalue weighted by Crippen LogP contribution is -2.19. The first-order valence-corrected chi connectivity index (χ1v) is 12.6. The molecule has 0 saturated carbocycles. The Hall–Kier alpha value is -3.68. The largest absolute Gasteiger partial charge is 0.493 e. The van der Waals surface area contributed by atoms with Crippen molar-refractivity contribution < 1.29 is 38.1 Å². The van der Waals surface area contributed by atoms with Crippen LogP contribution >= 0.6 is 0 Å². The van der Waals surface area contributed by atoms with Crippen molar-refractivity contribution in [2.75, 3.05) is 26.4 Å². The normalized spacial score (nSPS) is 10.9. The van der Waals surface area contributed by atoms with Gasteiger partial charge in [-0.05, 0) is 35.4 Å². The number of ether oxygens (including phenoxy) is 4. The number of hydrogen-bond acceptors (Lipinski definition) is 8. The van der Waals surface area contributed by atoms with Crippen molar-refractivity contribution in [3.05, 3.63) is 59.7 Å². The van der Waals surface area contributed by atoms with E-state index in [0.29, 0.717) is 37.6 Å². The minimum Gasteiger partial charge on any atom is -0.493 e. The zero-order chi connectivity index (χ0) is 27.3.